The summed E-state index contributed by atoms with van der Waals surface area (Å²) in [6, 6.07) is 1.92. The maximum atomic E-state index is 12.3. The van der Waals surface area contributed by atoms with Crippen LogP contribution >= 0.6 is 23.1 Å². The van der Waals surface area contributed by atoms with Crippen LogP contribution in [0.15, 0.2) is 16.5 Å². The summed E-state index contributed by atoms with van der Waals surface area (Å²) >= 11 is 2.62. The van der Waals surface area contributed by atoms with Gasteiger partial charge in [0.2, 0.25) is 0 Å². The van der Waals surface area contributed by atoms with Crippen molar-refractivity contribution < 1.29 is 14.7 Å². The lowest BCUT2D eigenvalue weighted by atomic mass is 9.97. The Balaban J connectivity index is 2.08. The number of hydrogen-bond donors (Lipinski definition) is 3. The summed E-state index contributed by atoms with van der Waals surface area (Å²) in [5, 5.41) is 18.7. The average molecular weight is 323 g/mol. The van der Waals surface area contributed by atoms with Crippen molar-refractivity contribution in [2.24, 2.45) is 0 Å². The van der Waals surface area contributed by atoms with E-state index in [2.05, 4.69) is 15.5 Å². The molecule has 0 unspecified atom stereocenters. The minimum Gasteiger partial charge on any atom is -0.481 e. The fourth-order valence-corrected chi connectivity index (χ4v) is 4.65. The third-order valence-electron chi connectivity index (χ3n) is 3.15. The zero-order valence-corrected chi connectivity index (χ0v) is 12.8. The first-order valence-corrected chi connectivity index (χ1v) is 8.17. The first-order chi connectivity index (χ1) is 10.1. The molecule has 1 aliphatic heterocycles. The summed E-state index contributed by atoms with van der Waals surface area (Å²) in [5.41, 5.74) is 2.37. The summed E-state index contributed by atoms with van der Waals surface area (Å²) < 4.78 is 0.745. The standard InChI is InChI=1S/C13H13N3O3S2/c1-6-4-7-10(12(19)15-6)13(20-5-9(17)18)21-11(7)8-2-3-14-16-8/h2-3,6H,4-5H2,1H3,(H,14,16)(H,15,19)(H,17,18)/t6-/m0/s1. The summed E-state index contributed by atoms with van der Waals surface area (Å²) in [6.45, 7) is 1.96. The Morgan fingerprint density at radius 1 is 1.62 bits per heavy atom. The van der Waals surface area contributed by atoms with E-state index in [0.29, 0.717) is 5.56 Å². The molecule has 3 heterocycles. The molecule has 0 spiro atoms. The zero-order valence-electron chi connectivity index (χ0n) is 11.2. The minimum atomic E-state index is -0.895. The quantitative estimate of drug-likeness (QED) is 0.748. The number of carbonyl (C=O) groups is 2. The number of hydrogen-bond acceptors (Lipinski definition) is 5. The second kappa shape index (κ2) is 5.53. The predicted octanol–water partition coefficient (Wildman–Crippen LogP) is 1.99. The average Bonchev–Trinajstić information content (AvgIpc) is 3.02. The summed E-state index contributed by atoms with van der Waals surface area (Å²) in [6.07, 6.45) is 2.46. The Hall–Kier alpha value is -1.80. The van der Waals surface area contributed by atoms with Gasteiger partial charge in [-0.25, -0.2) is 0 Å². The minimum absolute atomic E-state index is 0.0597. The van der Waals surface area contributed by atoms with Crippen LogP contribution in [0.2, 0.25) is 0 Å². The van der Waals surface area contributed by atoms with E-state index in [1.165, 1.54) is 23.1 Å². The number of aliphatic carboxylic acids is 1. The fraction of sp³-hybridized carbons (Fsp3) is 0.308. The SMILES string of the molecule is C[C@H]1Cc2c(-c3cc[nH]n3)sc(SCC(=O)O)c2C(=O)N1. The van der Waals surface area contributed by atoms with Crippen LogP contribution in [0.25, 0.3) is 10.6 Å². The zero-order chi connectivity index (χ0) is 15.0. The number of carbonyl (C=O) groups excluding carboxylic acids is 1. The van der Waals surface area contributed by atoms with E-state index in [1.807, 2.05) is 13.0 Å². The van der Waals surface area contributed by atoms with Crippen LogP contribution in [0.1, 0.15) is 22.8 Å². The van der Waals surface area contributed by atoms with Gasteiger partial charge in [-0.1, -0.05) is 0 Å². The van der Waals surface area contributed by atoms with Crippen LogP contribution in [0.3, 0.4) is 0 Å². The van der Waals surface area contributed by atoms with Crippen LogP contribution in [0.5, 0.6) is 0 Å². The number of thiophene rings is 1. The Labute approximate surface area is 129 Å². The van der Waals surface area contributed by atoms with Crippen molar-refractivity contribution in [3.05, 3.63) is 23.4 Å². The number of thioether (sulfide) groups is 1. The Morgan fingerprint density at radius 3 is 3.10 bits per heavy atom. The normalized spacial score (nSPS) is 17.4. The lowest BCUT2D eigenvalue weighted by molar-refractivity contribution is -0.133. The van der Waals surface area contributed by atoms with Crippen molar-refractivity contribution in [1.82, 2.24) is 15.5 Å². The Bertz CT molecular complexity index is 694. The molecule has 0 bridgehead atoms. The van der Waals surface area contributed by atoms with E-state index in [0.717, 1.165) is 26.8 Å². The molecule has 6 nitrogen and oxygen atoms in total. The molecule has 1 atom stereocenters. The number of fused-ring (bicyclic) bond motifs is 1. The number of carboxylic acids is 1. The van der Waals surface area contributed by atoms with Gasteiger partial charge in [-0.3, -0.25) is 14.7 Å². The van der Waals surface area contributed by atoms with Gasteiger partial charge in [0.15, 0.2) is 0 Å². The van der Waals surface area contributed by atoms with E-state index >= 15 is 0 Å². The molecular formula is C13H13N3O3S2. The number of nitrogens with one attached hydrogen (secondary N) is 2. The second-order valence-electron chi connectivity index (χ2n) is 4.79. The third-order valence-corrected chi connectivity index (χ3v) is 5.66. The topological polar surface area (TPSA) is 95.1 Å². The summed E-state index contributed by atoms with van der Waals surface area (Å²) in [7, 11) is 0. The maximum absolute atomic E-state index is 12.3. The van der Waals surface area contributed by atoms with Crippen molar-refractivity contribution in [1.29, 1.82) is 0 Å². The van der Waals surface area contributed by atoms with E-state index in [4.69, 9.17) is 5.11 Å². The van der Waals surface area contributed by atoms with E-state index < -0.39 is 5.97 Å². The van der Waals surface area contributed by atoms with E-state index in [9.17, 15) is 9.59 Å². The van der Waals surface area contributed by atoms with E-state index in [-0.39, 0.29) is 17.7 Å². The molecule has 2 aromatic heterocycles. The van der Waals surface area contributed by atoms with Crippen LogP contribution < -0.4 is 5.32 Å². The number of nitrogens with zero attached hydrogens (tertiary/aromatic N) is 1. The van der Waals surface area contributed by atoms with Gasteiger partial charge in [0, 0.05) is 12.2 Å². The highest BCUT2D eigenvalue weighted by Gasteiger charge is 2.31. The van der Waals surface area contributed by atoms with Crippen molar-refractivity contribution in [2.45, 2.75) is 23.6 Å². The molecule has 0 saturated heterocycles. The molecule has 1 amide bonds. The summed E-state index contributed by atoms with van der Waals surface area (Å²) in [4.78, 5) is 24.0. The third kappa shape index (κ3) is 2.68. The highest BCUT2D eigenvalue weighted by Crippen LogP contribution is 2.43. The van der Waals surface area contributed by atoms with Crippen molar-refractivity contribution >= 4 is 35.0 Å². The fourth-order valence-electron chi connectivity index (χ4n) is 2.34. The maximum Gasteiger partial charge on any atom is 0.313 e. The van der Waals surface area contributed by atoms with E-state index in [1.54, 1.807) is 6.20 Å². The number of aromatic nitrogens is 2. The van der Waals surface area contributed by atoms with Crippen LogP contribution in [-0.4, -0.2) is 39.0 Å². The molecule has 0 radical (unpaired) electrons. The molecule has 110 valence electrons. The lowest BCUT2D eigenvalue weighted by Gasteiger charge is -2.21. The number of rotatable bonds is 4. The van der Waals surface area contributed by atoms with Gasteiger partial charge in [-0.15, -0.1) is 23.1 Å². The van der Waals surface area contributed by atoms with Crippen LogP contribution in [0, 0.1) is 0 Å². The highest BCUT2D eigenvalue weighted by molar-refractivity contribution is 8.01. The molecule has 21 heavy (non-hydrogen) atoms. The molecule has 0 aromatic carbocycles. The molecule has 2 aromatic rings. The molecule has 0 saturated carbocycles. The highest BCUT2D eigenvalue weighted by atomic mass is 32.2. The molecule has 8 heteroatoms. The number of H-pyrrole nitrogens is 1. The van der Waals surface area contributed by atoms with Gasteiger partial charge in [0.05, 0.1) is 20.4 Å². The molecule has 0 aliphatic carbocycles. The van der Waals surface area contributed by atoms with Crippen molar-refractivity contribution in [2.75, 3.05) is 5.75 Å². The first kappa shape index (κ1) is 14.2. The van der Waals surface area contributed by atoms with Gasteiger partial charge >= 0.3 is 5.97 Å². The van der Waals surface area contributed by atoms with Crippen LogP contribution in [-0.2, 0) is 11.2 Å². The molecule has 3 rings (SSSR count). The second-order valence-corrected chi connectivity index (χ2v) is 7.06. The predicted molar refractivity (Wildman–Crippen MR) is 80.9 cm³/mol. The van der Waals surface area contributed by atoms with Gasteiger partial charge < -0.3 is 10.4 Å². The lowest BCUT2D eigenvalue weighted by Crippen LogP contribution is -2.39. The Morgan fingerprint density at radius 2 is 2.43 bits per heavy atom. The molecule has 3 N–H and O–H groups in total. The number of carboxylic acid groups (broad SMARTS) is 1. The van der Waals surface area contributed by atoms with Crippen molar-refractivity contribution in [3.8, 4) is 10.6 Å². The van der Waals surface area contributed by atoms with Gasteiger partial charge in [0.1, 0.15) is 5.69 Å². The number of aromatic amines is 1. The van der Waals surface area contributed by atoms with Gasteiger partial charge in [0.25, 0.3) is 5.91 Å². The van der Waals surface area contributed by atoms with Gasteiger partial charge in [-0.05, 0) is 25.0 Å². The van der Waals surface area contributed by atoms with Crippen molar-refractivity contribution in [3.63, 3.8) is 0 Å². The largest absolute Gasteiger partial charge is 0.481 e. The van der Waals surface area contributed by atoms with Gasteiger partial charge in [-0.2, -0.15) is 5.10 Å². The monoisotopic (exact) mass is 323 g/mol. The first-order valence-electron chi connectivity index (χ1n) is 6.37. The molecule has 1 aliphatic rings. The molecular weight excluding hydrogens is 310 g/mol. The summed E-state index contributed by atoms with van der Waals surface area (Å²) in [5.74, 6) is -1.08. The Kier molecular flexibility index (Phi) is 3.73. The smallest absolute Gasteiger partial charge is 0.313 e. The molecule has 0 fully saturated rings. The number of amides is 1. The van der Waals surface area contributed by atoms with Crippen LogP contribution in [0.4, 0.5) is 0 Å².